The summed E-state index contributed by atoms with van der Waals surface area (Å²) in [5.74, 6) is 0.490. The summed E-state index contributed by atoms with van der Waals surface area (Å²) in [6.45, 7) is 5.44. The maximum atomic E-state index is 13.1. The van der Waals surface area contributed by atoms with Crippen LogP contribution in [0.25, 0.3) is 0 Å². The summed E-state index contributed by atoms with van der Waals surface area (Å²) in [5, 5.41) is 2.87. The van der Waals surface area contributed by atoms with Gasteiger partial charge in [0.2, 0.25) is 0 Å². The number of carbonyl (C=O) groups is 2. The number of ether oxygens (including phenoxy) is 3. The molecule has 0 radical (unpaired) electrons. The Balaban J connectivity index is 1.87. The number of benzene rings is 2. The molecule has 0 fully saturated rings. The van der Waals surface area contributed by atoms with Crippen LogP contribution < -0.4 is 14.8 Å². The number of methoxy groups -OCH3 is 1. The second-order valence-electron chi connectivity index (χ2n) is 7.39. The van der Waals surface area contributed by atoms with Gasteiger partial charge in [-0.05, 0) is 61.2 Å². The quantitative estimate of drug-likeness (QED) is 0.623. The van der Waals surface area contributed by atoms with Gasteiger partial charge >= 0.3 is 12.0 Å². The number of nitrogens with zero attached hydrogens (tertiary/aromatic N) is 1. The van der Waals surface area contributed by atoms with E-state index in [1.165, 1.54) is 19.2 Å². The van der Waals surface area contributed by atoms with E-state index in [1.54, 1.807) is 17.0 Å². The van der Waals surface area contributed by atoms with E-state index >= 15 is 0 Å². The van der Waals surface area contributed by atoms with Crippen molar-refractivity contribution in [3.63, 3.8) is 0 Å². The number of nitrogens with one attached hydrogen (secondary N) is 1. The molecule has 0 saturated heterocycles. The van der Waals surface area contributed by atoms with Gasteiger partial charge < -0.3 is 24.4 Å². The topological polar surface area (TPSA) is 77.1 Å². The average Bonchev–Trinajstić information content (AvgIpc) is 2.79. The monoisotopic (exact) mass is 444 g/mol. The van der Waals surface area contributed by atoms with E-state index in [-0.39, 0.29) is 24.8 Å². The standard InChI is InChI=1S/C24H29FN2O5/c1-4-31-21-12-17-10-11-27(24(29)26-15-16-6-8-18(25)9-7-16)20(14-23(28)30-3)19(17)13-22(21)32-5-2/h6-9,12-13,20H,4-5,10-11,14-15H2,1-3H3,(H,26,29). The normalized spacial score (nSPS) is 15.0. The van der Waals surface area contributed by atoms with Gasteiger partial charge in [-0.2, -0.15) is 0 Å². The first-order valence-electron chi connectivity index (χ1n) is 10.7. The van der Waals surface area contributed by atoms with Crippen molar-refractivity contribution in [2.75, 3.05) is 26.9 Å². The number of amides is 2. The van der Waals surface area contributed by atoms with Gasteiger partial charge in [0, 0.05) is 13.1 Å². The summed E-state index contributed by atoms with van der Waals surface area (Å²) in [6, 6.07) is 8.93. The highest BCUT2D eigenvalue weighted by Crippen LogP contribution is 2.40. The molecule has 1 aliphatic heterocycles. The molecule has 2 aromatic rings. The van der Waals surface area contributed by atoms with Crippen molar-refractivity contribution in [2.45, 2.75) is 39.3 Å². The van der Waals surface area contributed by atoms with E-state index in [2.05, 4.69) is 5.32 Å². The smallest absolute Gasteiger partial charge is 0.318 e. The van der Waals surface area contributed by atoms with Crippen molar-refractivity contribution in [2.24, 2.45) is 0 Å². The Labute approximate surface area is 187 Å². The largest absolute Gasteiger partial charge is 0.490 e. The molecule has 0 aliphatic carbocycles. The molecule has 0 spiro atoms. The summed E-state index contributed by atoms with van der Waals surface area (Å²) in [5.41, 5.74) is 2.63. The van der Waals surface area contributed by atoms with Crippen LogP contribution in [0.3, 0.4) is 0 Å². The number of urea groups is 1. The summed E-state index contributed by atoms with van der Waals surface area (Å²) < 4.78 is 29.5. The number of rotatable bonds is 8. The summed E-state index contributed by atoms with van der Waals surface area (Å²) in [7, 11) is 1.33. The van der Waals surface area contributed by atoms with Gasteiger partial charge in [-0.3, -0.25) is 4.79 Å². The Morgan fingerprint density at radius 1 is 1.09 bits per heavy atom. The van der Waals surface area contributed by atoms with Crippen molar-refractivity contribution in [1.82, 2.24) is 10.2 Å². The zero-order chi connectivity index (χ0) is 23.1. The highest BCUT2D eigenvalue weighted by Gasteiger charge is 2.34. The van der Waals surface area contributed by atoms with Crippen LogP contribution in [0.4, 0.5) is 9.18 Å². The van der Waals surface area contributed by atoms with Gasteiger partial charge in [-0.1, -0.05) is 12.1 Å². The Morgan fingerprint density at radius 2 is 1.75 bits per heavy atom. The number of hydrogen-bond donors (Lipinski definition) is 1. The first-order chi connectivity index (χ1) is 15.5. The van der Waals surface area contributed by atoms with E-state index in [1.807, 2.05) is 26.0 Å². The van der Waals surface area contributed by atoms with E-state index in [9.17, 15) is 14.0 Å². The molecule has 1 aliphatic rings. The SMILES string of the molecule is CCOc1cc2c(cc1OCC)C(CC(=O)OC)N(C(=O)NCc1ccc(F)cc1)CC2. The summed E-state index contributed by atoms with van der Waals surface area (Å²) >= 11 is 0. The molecular formula is C24H29FN2O5. The third-order valence-electron chi connectivity index (χ3n) is 5.37. The molecule has 8 heteroatoms. The number of fused-ring (bicyclic) bond motifs is 1. The van der Waals surface area contributed by atoms with E-state index in [0.717, 1.165) is 16.7 Å². The number of carbonyl (C=O) groups excluding carboxylic acids is 2. The fraction of sp³-hybridized carbons (Fsp3) is 0.417. The maximum Gasteiger partial charge on any atom is 0.318 e. The van der Waals surface area contributed by atoms with Gasteiger partial charge in [0.05, 0.1) is 32.8 Å². The first kappa shape index (κ1) is 23.4. The molecule has 32 heavy (non-hydrogen) atoms. The van der Waals surface area contributed by atoms with Gasteiger partial charge in [-0.15, -0.1) is 0 Å². The molecule has 0 saturated carbocycles. The maximum absolute atomic E-state index is 13.1. The molecule has 172 valence electrons. The lowest BCUT2D eigenvalue weighted by Gasteiger charge is -2.37. The highest BCUT2D eigenvalue weighted by atomic mass is 19.1. The molecule has 1 heterocycles. The molecule has 3 rings (SSSR count). The summed E-state index contributed by atoms with van der Waals surface area (Å²) in [4.78, 5) is 26.9. The minimum Gasteiger partial charge on any atom is -0.490 e. The number of halogens is 1. The fourth-order valence-corrected chi connectivity index (χ4v) is 3.83. The molecule has 1 atom stereocenters. The minimum atomic E-state index is -0.505. The van der Waals surface area contributed by atoms with Crippen LogP contribution >= 0.6 is 0 Å². The van der Waals surface area contributed by atoms with E-state index in [4.69, 9.17) is 14.2 Å². The van der Waals surface area contributed by atoms with Gasteiger partial charge in [-0.25, -0.2) is 9.18 Å². The van der Waals surface area contributed by atoms with Crippen molar-refractivity contribution < 1.29 is 28.2 Å². The number of hydrogen-bond acceptors (Lipinski definition) is 5. The second kappa shape index (κ2) is 10.8. The van der Waals surface area contributed by atoms with Crippen molar-refractivity contribution >= 4 is 12.0 Å². The lowest BCUT2D eigenvalue weighted by molar-refractivity contribution is -0.141. The highest BCUT2D eigenvalue weighted by molar-refractivity contribution is 5.77. The molecule has 1 N–H and O–H groups in total. The zero-order valence-electron chi connectivity index (χ0n) is 18.7. The zero-order valence-corrected chi connectivity index (χ0v) is 18.7. The van der Waals surface area contributed by atoms with Crippen LogP contribution in [0, 0.1) is 5.82 Å². The Hall–Kier alpha value is -3.29. The van der Waals surface area contributed by atoms with Crippen LogP contribution in [0.2, 0.25) is 0 Å². The van der Waals surface area contributed by atoms with Gasteiger partial charge in [0.25, 0.3) is 0 Å². The van der Waals surface area contributed by atoms with Crippen LogP contribution in [-0.2, 0) is 22.5 Å². The predicted octanol–water partition coefficient (Wildman–Crippen LogP) is 4.00. The fourth-order valence-electron chi connectivity index (χ4n) is 3.83. The molecule has 0 bridgehead atoms. The lowest BCUT2D eigenvalue weighted by atomic mass is 9.90. The Kier molecular flexibility index (Phi) is 7.92. The van der Waals surface area contributed by atoms with Gasteiger partial charge in [0.15, 0.2) is 11.5 Å². The van der Waals surface area contributed by atoms with Crippen molar-refractivity contribution in [3.8, 4) is 11.5 Å². The lowest BCUT2D eigenvalue weighted by Crippen LogP contribution is -2.46. The van der Waals surface area contributed by atoms with E-state index in [0.29, 0.717) is 37.7 Å². The minimum absolute atomic E-state index is 0.0208. The van der Waals surface area contributed by atoms with Crippen molar-refractivity contribution in [3.05, 3.63) is 58.9 Å². The second-order valence-corrected chi connectivity index (χ2v) is 7.39. The molecule has 2 aromatic carbocycles. The predicted molar refractivity (Wildman–Crippen MR) is 117 cm³/mol. The molecular weight excluding hydrogens is 415 g/mol. The Morgan fingerprint density at radius 3 is 2.38 bits per heavy atom. The van der Waals surface area contributed by atoms with E-state index < -0.39 is 12.0 Å². The first-order valence-corrected chi connectivity index (χ1v) is 10.7. The molecule has 7 nitrogen and oxygen atoms in total. The van der Waals surface area contributed by atoms with Crippen LogP contribution in [0.5, 0.6) is 11.5 Å². The third kappa shape index (κ3) is 5.49. The average molecular weight is 445 g/mol. The summed E-state index contributed by atoms with van der Waals surface area (Å²) in [6.07, 6.45) is 0.635. The molecule has 2 amide bonds. The van der Waals surface area contributed by atoms with Gasteiger partial charge in [0.1, 0.15) is 5.82 Å². The number of esters is 1. The molecule has 1 unspecified atom stereocenters. The Bertz CT molecular complexity index is 948. The molecule has 0 aromatic heterocycles. The third-order valence-corrected chi connectivity index (χ3v) is 5.37. The van der Waals surface area contributed by atoms with Crippen LogP contribution in [0.15, 0.2) is 36.4 Å². The van der Waals surface area contributed by atoms with Crippen LogP contribution in [0.1, 0.15) is 43.0 Å². The van der Waals surface area contributed by atoms with Crippen LogP contribution in [-0.4, -0.2) is 43.8 Å². The van der Waals surface area contributed by atoms with Crippen molar-refractivity contribution in [1.29, 1.82) is 0 Å².